The van der Waals surface area contributed by atoms with Gasteiger partial charge in [-0.05, 0) is 38.4 Å². The Morgan fingerprint density at radius 3 is 2.28 bits per heavy atom. The van der Waals surface area contributed by atoms with Crippen molar-refractivity contribution in [3.05, 3.63) is 71.8 Å². The van der Waals surface area contributed by atoms with E-state index in [1.54, 1.807) is 0 Å². The number of likely N-dealkylation sites (tertiary alicyclic amines) is 1. The average molecular weight is 336 g/mol. The van der Waals surface area contributed by atoms with Gasteiger partial charge < -0.3 is 4.90 Å². The molecule has 1 amide bonds. The van der Waals surface area contributed by atoms with Gasteiger partial charge in [0, 0.05) is 25.2 Å². The third-order valence-corrected chi connectivity index (χ3v) is 5.67. The first-order valence-corrected chi connectivity index (χ1v) is 9.17. The summed E-state index contributed by atoms with van der Waals surface area (Å²) in [6, 6.07) is 21.3. The van der Waals surface area contributed by atoms with Gasteiger partial charge in [0.1, 0.15) is 0 Å². The first kappa shape index (κ1) is 17.7. The molecule has 1 aliphatic heterocycles. The minimum atomic E-state index is 0.0832. The normalized spacial score (nSPS) is 20.1. The molecule has 3 nitrogen and oxygen atoms in total. The predicted molar refractivity (Wildman–Crippen MR) is 102 cm³/mol. The van der Waals surface area contributed by atoms with Gasteiger partial charge in [0.2, 0.25) is 5.91 Å². The third-order valence-electron chi connectivity index (χ3n) is 5.67. The minimum Gasteiger partial charge on any atom is -0.338 e. The number of hydrogen-bond donors (Lipinski definition) is 0. The Labute approximate surface area is 151 Å². The van der Waals surface area contributed by atoms with Crippen molar-refractivity contribution in [2.45, 2.75) is 38.9 Å². The fourth-order valence-corrected chi connectivity index (χ4v) is 3.77. The summed E-state index contributed by atoms with van der Waals surface area (Å²) in [4.78, 5) is 17.3. The van der Waals surface area contributed by atoms with Crippen LogP contribution in [0.25, 0.3) is 0 Å². The van der Waals surface area contributed by atoms with Crippen molar-refractivity contribution in [2.24, 2.45) is 5.92 Å². The first-order chi connectivity index (χ1) is 12.1. The van der Waals surface area contributed by atoms with Crippen molar-refractivity contribution in [3.63, 3.8) is 0 Å². The smallest absolute Gasteiger partial charge is 0.227 e. The third kappa shape index (κ3) is 3.93. The van der Waals surface area contributed by atoms with Gasteiger partial charge in [0.15, 0.2) is 0 Å². The second-order valence-electron chi connectivity index (χ2n) is 7.13. The number of rotatable bonds is 6. The average Bonchev–Trinajstić information content (AvgIpc) is 3.02. The van der Waals surface area contributed by atoms with Crippen molar-refractivity contribution >= 4 is 5.91 Å². The second kappa shape index (κ2) is 7.83. The van der Waals surface area contributed by atoms with E-state index in [4.69, 9.17) is 0 Å². The van der Waals surface area contributed by atoms with Crippen molar-refractivity contribution in [1.29, 1.82) is 0 Å². The van der Waals surface area contributed by atoms with Gasteiger partial charge in [-0.25, -0.2) is 0 Å². The fraction of sp³-hybridized carbons (Fsp3) is 0.409. The van der Waals surface area contributed by atoms with Crippen LogP contribution in [-0.4, -0.2) is 35.3 Å². The molecule has 3 heteroatoms. The summed E-state index contributed by atoms with van der Waals surface area (Å²) in [5.74, 6) is 0.378. The number of amides is 1. The molecule has 1 fully saturated rings. The number of carbonyl (C=O) groups excluding carboxylic acids is 1. The lowest BCUT2D eigenvalue weighted by Gasteiger charge is -2.34. The van der Waals surface area contributed by atoms with Crippen LogP contribution in [0, 0.1) is 5.92 Å². The van der Waals surface area contributed by atoms with Gasteiger partial charge in [-0.1, -0.05) is 60.7 Å². The fourth-order valence-electron chi connectivity index (χ4n) is 3.77. The molecule has 0 radical (unpaired) electrons. The van der Waals surface area contributed by atoms with Crippen molar-refractivity contribution in [3.8, 4) is 0 Å². The quantitative estimate of drug-likeness (QED) is 0.792. The molecule has 0 saturated carbocycles. The molecule has 0 aromatic heterocycles. The van der Waals surface area contributed by atoms with Crippen LogP contribution in [0.2, 0.25) is 0 Å². The number of hydrogen-bond acceptors (Lipinski definition) is 2. The lowest BCUT2D eigenvalue weighted by Crippen LogP contribution is -2.41. The Kier molecular flexibility index (Phi) is 5.54. The molecule has 2 aromatic carbocycles. The van der Waals surface area contributed by atoms with Crippen molar-refractivity contribution in [1.82, 2.24) is 9.80 Å². The highest BCUT2D eigenvalue weighted by atomic mass is 16.2. The van der Waals surface area contributed by atoms with E-state index in [1.807, 2.05) is 29.2 Å². The summed E-state index contributed by atoms with van der Waals surface area (Å²) in [5, 5.41) is 0. The molecule has 2 aromatic rings. The SMILES string of the molecule is C[C@@H](c1ccccc1)N(C)[C@@H](C)[C@H]1CCN(Cc2ccccc2)C1=O. The summed E-state index contributed by atoms with van der Waals surface area (Å²) in [6.45, 7) is 5.98. The van der Waals surface area contributed by atoms with Crippen LogP contribution in [0.4, 0.5) is 0 Å². The monoisotopic (exact) mass is 336 g/mol. The maximum atomic E-state index is 12.9. The van der Waals surface area contributed by atoms with E-state index in [0.717, 1.165) is 19.5 Å². The molecular weight excluding hydrogens is 308 g/mol. The highest BCUT2D eigenvalue weighted by Gasteiger charge is 2.37. The maximum absolute atomic E-state index is 12.9. The Morgan fingerprint density at radius 2 is 1.64 bits per heavy atom. The Balaban J connectivity index is 1.64. The molecule has 3 atom stereocenters. The molecule has 3 rings (SSSR count). The molecule has 0 bridgehead atoms. The lowest BCUT2D eigenvalue weighted by atomic mass is 9.96. The van der Waals surface area contributed by atoms with E-state index in [2.05, 4.69) is 62.2 Å². The standard InChI is InChI=1S/C22H28N2O/c1-17(20-12-8-5-9-13-20)23(3)18(2)21-14-15-24(22(21)25)16-19-10-6-4-7-11-19/h4-13,17-18,21H,14-16H2,1-3H3/t17-,18-,21+/m0/s1. The maximum Gasteiger partial charge on any atom is 0.227 e. The molecule has 0 unspecified atom stereocenters. The van der Waals surface area contributed by atoms with Crippen LogP contribution in [0.1, 0.15) is 37.4 Å². The minimum absolute atomic E-state index is 0.0832. The number of carbonyl (C=O) groups is 1. The molecule has 25 heavy (non-hydrogen) atoms. The lowest BCUT2D eigenvalue weighted by molar-refractivity contribution is -0.133. The first-order valence-electron chi connectivity index (χ1n) is 9.17. The van der Waals surface area contributed by atoms with Crippen molar-refractivity contribution in [2.75, 3.05) is 13.6 Å². The topological polar surface area (TPSA) is 23.6 Å². The Morgan fingerprint density at radius 1 is 1.04 bits per heavy atom. The van der Waals surface area contributed by atoms with Gasteiger partial charge in [0.05, 0.1) is 5.92 Å². The summed E-state index contributed by atoms with van der Waals surface area (Å²) in [6.07, 6.45) is 0.943. The zero-order valence-electron chi connectivity index (χ0n) is 15.4. The van der Waals surface area contributed by atoms with E-state index in [1.165, 1.54) is 11.1 Å². The number of benzene rings is 2. The van der Waals surface area contributed by atoms with Gasteiger partial charge in [-0.3, -0.25) is 9.69 Å². The molecule has 0 N–H and O–H groups in total. The van der Waals surface area contributed by atoms with Gasteiger partial charge >= 0.3 is 0 Å². The van der Waals surface area contributed by atoms with Crippen LogP contribution >= 0.6 is 0 Å². The molecule has 0 aliphatic carbocycles. The van der Waals surface area contributed by atoms with Crippen LogP contribution in [0.3, 0.4) is 0 Å². The summed E-state index contributed by atoms with van der Waals surface area (Å²) < 4.78 is 0. The molecule has 1 saturated heterocycles. The highest BCUT2D eigenvalue weighted by molar-refractivity contribution is 5.81. The summed E-state index contributed by atoms with van der Waals surface area (Å²) in [5.41, 5.74) is 2.50. The van der Waals surface area contributed by atoms with E-state index >= 15 is 0 Å². The Hall–Kier alpha value is -2.13. The molecule has 0 spiro atoms. The highest BCUT2D eigenvalue weighted by Crippen LogP contribution is 2.30. The van der Waals surface area contributed by atoms with E-state index in [9.17, 15) is 4.79 Å². The molecule has 1 aliphatic rings. The van der Waals surface area contributed by atoms with Crippen LogP contribution in [-0.2, 0) is 11.3 Å². The summed E-state index contributed by atoms with van der Waals surface area (Å²) in [7, 11) is 2.13. The largest absolute Gasteiger partial charge is 0.338 e. The van der Waals surface area contributed by atoms with Gasteiger partial charge in [0.25, 0.3) is 0 Å². The zero-order valence-corrected chi connectivity index (χ0v) is 15.4. The Bertz CT molecular complexity index is 686. The molecular formula is C22H28N2O. The van der Waals surface area contributed by atoms with Crippen LogP contribution < -0.4 is 0 Å². The van der Waals surface area contributed by atoms with Gasteiger partial charge in [-0.2, -0.15) is 0 Å². The van der Waals surface area contributed by atoms with Crippen LogP contribution in [0.15, 0.2) is 60.7 Å². The van der Waals surface area contributed by atoms with Gasteiger partial charge in [-0.15, -0.1) is 0 Å². The van der Waals surface area contributed by atoms with E-state index in [-0.39, 0.29) is 12.0 Å². The van der Waals surface area contributed by atoms with E-state index < -0.39 is 0 Å². The molecule has 1 heterocycles. The summed E-state index contributed by atoms with van der Waals surface area (Å²) >= 11 is 0. The zero-order chi connectivity index (χ0) is 17.8. The van der Waals surface area contributed by atoms with E-state index in [0.29, 0.717) is 11.9 Å². The van der Waals surface area contributed by atoms with Crippen molar-refractivity contribution < 1.29 is 4.79 Å². The predicted octanol–water partition coefficient (Wildman–Crippen LogP) is 4.12. The number of nitrogens with zero attached hydrogens (tertiary/aromatic N) is 2. The second-order valence-corrected chi connectivity index (χ2v) is 7.13. The molecule has 132 valence electrons. The van der Waals surface area contributed by atoms with Crippen LogP contribution in [0.5, 0.6) is 0 Å².